The van der Waals surface area contributed by atoms with Crippen LogP contribution in [0.4, 0.5) is 4.39 Å². The lowest BCUT2D eigenvalue weighted by molar-refractivity contribution is -0.107. The molecule has 0 spiro atoms. The van der Waals surface area contributed by atoms with Crippen LogP contribution >= 0.6 is 12.6 Å². The Morgan fingerprint density at radius 1 is 1.55 bits per heavy atom. The Labute approximate surface area is 69.6 Å². The highest BCUT2D eigenvalue weighted by Crippen LogP contribution is 2.12. The molecular formula is C8H7FOS. The zero-order valence-electron chi connectivity index (χ0n) is 5.75. The summed E-state index contributed by atoms with van der Waals surface area (Å²) in [4.78, 5) is 10.6. The van der Waals surface area contributed by atoms with Crippen LogP contribution in [-0.2, 0) is 11.2 Å². The summed E-state index contributed by atoms with van der Waals surface area (Å²) in [5, 5.41) is 0. The van der Waals surface area contributed by atoms with E-state index in [2.05, 4.69) is 12.6 Å². The number of benzene rings is 1. The Bertz CT molecular complexity index is 273. The monoisotopic (exact) mass is 170 g/mol. The molecule has 11 heavy (non-hydrogen) atoms. The third-order valence-electron chi connectivity index (χ3n) is 1.34. The van der Waals surface area contributed by atoms with E-state index in [1.54, 1.807) is 12.1 Å². The number of halogens is 1. The molecule has 1 nitrogen and oxygen atoms in total. The van der Waals surface area contributed by atoms with Crippen LogP contribution in [0, 0.1) is 5.82 Å². The zero-order valence-corrected chi connectivity index (χ0v) is 6.64. The summed E-state index contributed by atoms with van der Waals surface area (Å²) in [5.41, 5.74) is 0.415. The molecule has 58 valence electrons. The van der Waals surface area contributed by atoms with Gasteiger partial charge in [-0.05, 0) is 17.7 Å². The maximum Gasteiger partial charge on any atom is 0.127 e. The second kappa shape index (κ2) is 3.53. The molecule has 0 N–H and O–H groups in total. The third kappa shape index (κ3) is 2.05. The Hall–Kier alpha value is -0.830. The lowest BCUT2D eigenvalue weighted by Crippen LogP contribution is -1.90. The van der Waals surface area contributed by atoms with Gasteiger partial charge in [0.1, 0.15) is 12.1 Å². The van der Waals surface area contributed by atoms with Gasteiger partial charge in [0, 0.05) is 11.3 Å². The van der Waals surface area contributed by atoms with Crippen molar-refractivity contribution in [3.05, 3.63) is 29.6 Å². The van der Waals surface area contributed by atoms with E-state index in [4.69, 9.17) is 0 Å². The van der Waals surface area contributed by atoms with Crippen molar-refractivity contribution in [2.45, 2.75) is 11.3 Å². The van der Waals surface area contributed by atoms with E-state index in [9.17, 15) is 9.18 Å². The van der Waals surface area contributed by atoms with Crippen molar-refractivity contribution in [2.75, 3.05) is 0 Å². The average Bonchev–Trinajstić information content (AvgIpc) is 1.95. The largest absolute Gasteiger partial charge is 0.303 e. The highest BCUT2D eigenvalue weighted by Gasteiger charge is 1.99. The van der Waals surface area contributed by atoms with E-state index in [-0.39, 0.29) is 12.2 Å². The van der Waals surface area contributed by atoms with Gasteiger partial charge < -0.3 is 4.79 Å². The van der Waals surface area contributed by atoms with E-state index in [0.29, 0.717) is 16.7 Å². The maximum atomic E-state index is 12.8. The van der Waals surface area contributed by atoms with Gasteiger partial charge in [0.25, 0.3) is 0 Å². The van der Waals surface area contributed by atoms with Crippen molar-refractivity contribution >= 4 is 18.9 Å². The van der Waals surface area contributed by atoms with Crippen molar-refractivity contribution in [1.29, 1.82) is 0 Å². The number of thiol groups is 1. The number of carbonyl (C=O) groups excluding carboxylic acids is 1. The summed E-state index contributed by atoms with van der Waals surface area (Å²) in [6.07, 6.45) is 0.802. The number of carbonyl (C=O) groups is 1. The van der Waals surface area contributed by atoms with Gasteiger partial charge in [0.05, 0.1) is 0 Å². The smallest absolute Gasteiger partial charge is 0.127 e. The van der Waals surface area contributed by atoms with Crippen LogP contribution in [0.15, 0.2) is 23.1 Å². The highest BCUT2D eigenvalue weighted by atomic mass is 32.1. The van der Waals surface area contributed by atoms with Crippen molar-refractivity contribution in [3.8, 4) is 0 Å². The van der Waals surface area contributed by atoms with Gasteiger partial charge in [-0.3, -0.25) is 0 Å². The molecule has 1 aromatic rings. The topological polar surface area (TPSA) is 17.1 Å². The van der Waals surface area contributed by atoms with Gasteiger partial charge in [0.2, 0.25) is 0 Å². The first kappa shape index (κ1) is 8.27. The second-order valence-corrected chi connectivity index (χ2v) is 2.66. The van der Waals surface area contributed by atoms with Crippen LogP contribution in [-0.4, -0.2) is 6.29 Å². The molecule has 0 amide bonds. The Morgan fingerprint density at radius 2 is 2.27 bits per heavy atom. The number of hydrogen-bond donors (Lipinski definition) is 1. The minimum atomic E-state index is -0.371. The molecule has 0 aliphatic rings. The van der Waals surface area contributed by atoms with Gasteiger partial charge in [-0.2, -0.15) is 0 Å². The standard InChI is InChI=1S/C8H7FOS/c9-8-5-7(11)2-1-6(8)3-4-10/h1-2,4-5,11H,3H2. The normalized spacial score (nSPS) is 9.64. The highest BCUT2D eigenvalue weighted by molar-refractivity contribution is 7.80. The van der Waals surface area contributed by atoms with Gasteiger partial charge >= 0.3 is 0 Å². The minimum absolute atomic E-state index is 0.125. The first-order valence-electron chi connectivity index (χ1n) is 3.15. The van der Waals surface area contributed by atoms with Gasteiger partial charge in [0.15, 0.2) is 0 Å². The molecule has 0 aliphatic heterocycles. The average molecular weight is 170 g/mol. The predicted molar refractivity (Wildman–Crippen MR) is 43.4 cm³/mol. The Kier molecular flexibility index (Phi) is 2.65. The Morgan fingerprint density at radius 3 is 2.82 bits per heavy atom. The summed E-state index contributed by atoms with van der Waals surface area (Å²) in [5.74, 6) is -0.371. The number of aldehydes is 1. The molecule has 0 unspecified atom stereocenters. The summed E-state index contributed by atoms with van der Waals surface area (Å²) >= 11 is 3.94. The van der Waals surface area contributed by atoms with Crippen LogP contribution in [0.25, 0.3) is 0 Å². The first-order valence-corrected chi connectivity index (χ1v) is 3.60. The van der Waals surface area contributed by atoms with Crippen LogP contribution < -0.4 is 0 Å². The van der Waals surface area contributed by atoms with Gasteiger partial charge in [-0.1, -0.05) is 6.07 Å². The van der Waals surface area contributed by atoms with Crippen LogP contribution in [0.1, 0.15) is 5.56 Å². The lowest BCUT2D eigenvalue weighted by Gasteiger charge is -1.97. The van der Waals surface area contributed by atoms with Crippen molar-refractivity contribution in [1.82, 2.24) is 0 Å². The van der Waals surface area contributed by atoms with E-state index in [1.165, 1.54) is 6.07 Å². The summed E-state index contributed by atoms with van der Waals surface area (Å²) in [7, 11) is 0. The van der Waals surface area contributed by atoms with Gasteiger partial charge in [-0.15, -0.1) is 12.6 Å². The molecule has 0 aliphatic carbocycles. The fourth-order valence-corrected chi connectivity index (χ4v) is 0.979. The summed E-state index contributed by atoms with van der Waals surface area (Å²) in [6.45, 7) is 0. The van der Waals surface area contributed by atoms with Crippen molar-refractivity contribution in [3.63, 3.8) is 0 Å². The first-order chi connectivity index (χ1) is 5.24. The molecule has 0 atom stereocenters. The molecule has 0 heterocycles. The molecular weight excluding hydrogens is 163 g/mol. The van der Waals surface area contributed by atoms with E-state index in [0.717, 1.165) is 0 Å². The Balaban J connectivity index is 2.98. The second-order valence-electron chi connectivity index (χ2n) is 2.15. The molecule has 0 radical (unpaired) electrons. The lowest BCUT2D eigenvalue weighted by atomic mass is 10.1. The van der Waals surface area contributed by atoms with E-state index < -0.39 is 0 Å². The molecule has 1 aromatic carbocycles. The fraction of sp³-hybridized carbons (Fsp3) is 0.125. The molecule has 0 aromatic heterocycles. The number of hydrogen-bond acceptors (Lipinski definition) is 2. The fourth-order valence-electron chi connectivity index (χ4n) is 0.792. The summed E-state index contributed by atoms with van der Waals surface area (Å²) in [6, 6.07) is 4.51. The van der Waals surface area contributed by atoms with Crippen LogP contribution in [0.3, 0.4) is 0 Å². The zero-order chi connectivity index (χ0) is 8.27. The van der Waals surface area contributed by atoms with E-state index >= 15 is 0 Å². The van der Waals surface area contributed by atoms with Crippen LogP contribution in [0.2, 0.25) is 0 Å². The molecule has 3 heteroatoms. The molecule has 0 fully saturated rings. The predicted octanol–water partition coefficient (Wildman–Crippen LogP) is 1.86. The minimum Gasteiger partial charge on any atom is -0.303 e. The molecule has 0 saturated carbocycles. The van der Waals surface area contributed by atoms with Crippen molar-refractivity contribution in [2.24, 2.45) is 0 Å². The molecule has 0 saturated heterocycles. The number of rotatable bonds is 2. The maximum absolute atomic E-state index is 12.8. The van der Waals surface area contributed by atoms with Crippen LogP contribution in [0.5, 0.6) is 0 Å². The quantitative estimate of drug-likeness (QED) is 0.529. The van der Waals surface area contributed by atoms with E-state index in [1.807, 2.05) is 0 Å². The third-order valence-corrected chi connectivity index (χ3v) is 1.62. The molecule has 0 bridgehead atoms. The summed E-state index contributed by atoms with van der Waals surface area (Å²) < 4.78 is 12.8. The molecule has 1 rings (SSSR count). The van der Waals surface area contributed by atoms with Gasteiger partial charge in [-0.25, -0.2) is 4.39 Å². The van der Waals surface area contributed by atoms with Crippen molar-refractivity contribution < 1.29 is 9.18 Å². The SMILES string of the molecule is O=CCc1ccc(S)cc1F.